The number of benzene rings is 1. The standard InChI is InChI=1S/C14H21N.C9H10N2O4/c1-15-11-5-8-14(12-15)10-9-13-6-3-2-4-7-13;12-2-1-11-9(14)7-3-8(15-6-13)5-10-4-7/h2-4,6-7,14H,5,8-12H2,1H3;3-6,12H,1-2H2,(H,11,14). The Kier molecular flexibility index (Phi) is 10.5. The van der Waals surface area contributed by atoms with Crippen LogP contribution in [0.15, 0.2) is 48.8 Å². The van der Waals surface area contributed by atoms with Crippen molar-refractivity contribution in [1.82, 2.24) is 15.2 Å². The summed E-state index contributed by atoms with van der Waals surface area (Å²) in [6.07, 6.45) is 8.07. The second-order valence-corrected chi connectivity index (χ2v) is 7.40. The van der Waals surface area contributed by atoms with Gasteiger partial charge in [-0.25, -0.2) is 0 Å². The fraction of sp³-hybridized carbons (Fsp3) is 0.435. The van der Waals surface area contributed by atoms with Crippen molar-refractivity contribution in [1.29, 1.82) is 0 Å². The predicted octanol–water partition coefficient (Wildman–Crippen LogP) is 2.30. The number of aryl methyl sites for hydroxylation is 1. The van der Waals surface area contributed by atoms with Crippen LogP contribution in [0.25, 0.3) is 0 Å². The van der Waals surface area contributed by atoms with Gasteiger partial charge >= 0.3 is 0 Å². The van der Waals surface area contributed by atoms with Crippen LogP contribution in [-0.2, 0) is 11.2 Å². The average molecular weight is 414 g/mol. The zero-order chi connectivity index (χ0) is 21.6. The number of aliphatic hydroxyl groups excluding tert-OH is 1. The highest BCUT2D eigenvalue weighted by Crippen LogP contribution is 2.20. The second-order valence-electron chi connectivity index (χ2n) is 7.40. The molecular formula is C23H31N3O4. The highest BCUT2D eigenvalue weighted by Gasteiger charge is 2.16. The van der Waals surface area contributed by atoms with E-state index in [1.807, 2.05) is 0 Å². The average Bonchev–Trinajstić information content (AvgIpc) is 2.78. The molecule has 0 aliphatic carbocycles. The molecule has 7 heteroatoms. The number of amides is 1. The van der Waals surface area contributed by atoms with E-state index in [9.17, 15) is 9.59 Å². The summed E-state index contributed by atoms with van der Waals surface area (Å²) in [5.41, 5.74) is 1.76. The fourth-order valence-corrected chi connectivity index (χ4v) is 3.46. The molecule has 0 bridgehead atoms. The van der Waals surface area contributed by atoms with E-state index >= 15 is 0 Å². The van der Waals surface area contributed by atoms with Crippen LogP contribution >= 0.6 is 0 Å². The highest BCUT2D eigenvalue weighted by molar-refractivity contribution is 5.94. The number of carbonyl (C=O) groups is 2. The molecule has 2 aromatic rings. The number of aromatic nitrogens is 1. The molecular weight excluding hydrogens is 382 g/mol. The topological polar surface area (TPSA) is 91.8 Å². The molecule has 0 saturated carbocycles. The van der Waals surface area contributed by atoms with Crippen LogP contribution in [0.4, 0.5) is 0 Å². The number of likely N-dealkylation sites (tertiary alicyclic amines) is 1. The van der Waals surface area contributed by atoms with Crippen molar-refractivity contribution in [2.75, 3.05) is 33.3 Å². The third kappa shape index (κ3) is 8.71. The summed E-state index contributed by atoms with van der Waals surface area (Å²) < 4.78 is 4.53. The molecule has 3 rings (SSSR count). The van der Waals surface area contributed by atoms with Gasteiger partial charge in [-0.05, 0) is 56.8 Å². The fourth-order valence-electron chi connectivity index (χ4n) is 3.46. The number of carbonyl (C=O) groups excluding carboxylic acids is 2. The lowest BCUT2D eigenvalue weighted by atomic mass is 9.92. The Labute approximate surface area is 178 Å². The van der Waals surface area contributed by atoms with Gasteiger partial charge in [0.1, 0.15) is 5.75 Å². The molecule has 1 saturated heterocycles. The Morgan fingerprint density at radius 3 is 2.83 bits per heavy atom. The minimum Gasteiger partial charge on any atom is -0.427 e. The number of pyridine rings is 1. The summed E-state index contributed by atoms with van der Waals surface area (Å²) in [5, 5.41) is 10.9. The van der Waals surface area contributed by atoms with E-state index in [0.717, 1.165) is 5.92 Å². The van der Waals surface area contributed by atoms with Gasteiger partial charge in [0.25, 0.3) is 12.4 Å². The Balaban J connectivity index is 0.000000214. The van der Waals surface area contributed by atoms with Crippen molar-refractivity contribution in [3.05, 3.63) is 59.9 Å². The van der Waals surface area contributed by atoms with Crippen molar-refractivity contribution in [2.45, 2.75) is 25.7 Å². The molecule has 0 radical (unpaired) electrons. The van der Waals surface area contributed by atoms with Gasteiger partial charge in [-0.2, -0.15) is 0 Å². The Morgan fingerprint density at radius 2 is 2.13 bits per heavy atom. The molecule has 30 heavy (non-hydrogen) atoms. The van der Waals surface area contributed by atoms with Gasteiger partial charge < -0.3 is 20.1 Å². The molecule has 1 aromatic carbocycles. The summed E-state index contributed by atoms with van der Waals surface area (Å²) in [4.78, 5) is 27.6. The number of hydrogen-bond donors (Lipinski definition) is 2. The molecule has 7 nitrogen and oxygen atoms in total. The number of nitrogens with one attached hydrogen (secondary N) is 1. The van der Waals surface area contributed by atoms with Crippen molar-refractivity contribution in [3.8, 4) is 5.75 Å². The quantitative estimate of drug-likeness (QED) is 0.646. The Hall–Kier alpha value is -2.77. The van der Waals surface area contributed by atoms with E-state index in [2.05, 4.69) is 57.3 Å². The SMILES string of the molecule is CN1CCCC(CCc2ccccc2)C1.O=COc1cncc(C(=O)NCCO)c1. The maximum Gasteiger partial charge on any atom is 0.298 e. The van der Waals surface area contributed by atoms with Crippen LogP contribution in [0.1, 0.15) is 35.2 Å². The van der Waals surface area contributed by atoms with Crippen LogP contribution in [0.5, 0.6) is 5.75 Å². The van der Waals surface area contributed by atoms with E-state index in [1.54, 1.807) is 0 Å². The second kappa shape index (κ2) is 13.5. The van der Waals surface area contributed by atoms with Crippen molar-refractivity contribution < 1.29 is 19.4 Å². The Bertz CT molecular complexity index is 770. The van der Waals surface area contributed by atoms with Gasteiger partial charge in [0.2, 0.25) is 0 Å². The van der Waals surface area contributed by atoms with Crippen molar-refractivity contribution in [3.63, 3.8) is 0 Å². The molecule has 1 amide bonds. The summed E-state index contributed by atoms with van der Waals surface area (Å²) in [6, 6.07) is 12.2. The summed E-state index contributed by atoms with van der Waals surface area (Å²) in [7, 11) is 2.24. The van der Waals surface area contributed by atoms with Crippen LogP contribution in [-0.4, -0.2) is 60.7 Å². The number of rotatable bonds is 8. The van der Waals surface area contributed by atoms with E-state index in [1.165, 1.54) is 62.8 Å². The molecule has 1 aliphatic heterocycles. The number of piperidine rings is 1. The van der Waals surface area contributed by atoms with E-state index in [-0.39, 0.29) is 36.8 Å². The number of nitrogens with zero attached hydrogens (tertiary/aromatic N) is 2. The van der Waals surface area contributed by atoms with Crippen molar-refractivity contribution in [2.24, 2.45) is 5.92 Å². The minimum absolute atomic E-state index is 0.135. The van der Waals surface area contributed by atoms with E-state index in [0.29, 0.717) is 0 Å². The molecule has 2 N–H and O–H groups in total. The smallest absolute Gasteiger partial charge is 0.298 e. The molecule has 0 spiro atoms. The summed E-state index contributed by atoms with van der Waals surface area (Å²) in [6.45, 7) is 2.88. The zero-order valence-electron chi connectivity index (χ0n) is 17.5. The van der Waals surface area contributed by atoms with E-state index in [4.69, 9.17) is 5.11 Å². The first-order valence-electron chi connectivity index (χ1n) is 10.3. The third-order valence-electron chi connectivity index (χ3n) is 4.96. The Morgan fingerprint density at radius 1 is 1.33 bits per heavy atom. The van der Waals surface area contributed by atoms with Crippen LogP contribution < -0.4 is 10.1 Å². The highest BCUT2D eigenvalue weighted by atomic mass is 16.5. The summed E-state index contributed by atoms with van der Waals surface area (Å²) in [5.74, 6) is 0.735. The van der Waals surface area contributed by atoms with E-state index < -0.39 is 0 Å². The molecule has 162 valence electrons. The molecule has 1 atom stereocenters. The maximum atomic E-state index is 11.4. The van der Waals surface area contributed by atoms with Gasteiger partial charge in [0, 0.05) is 19.3 Å². The first-order valence-corrected chi connectivity index (χ1v) is 10.3. The minimum atomic E-state index is -0.382. The van der Waals surface area contributed by atoms with Crippen LogP contribution in [0.2, 0.25) is 0 Å². The van der Waals surface area contributed by atoms with Crippen LogP contribution in [0, 0.1) is 5.92 Å². The van der Waals surface area contributed by atoms with Crippen LogP contribution in [0.3, 0.4) is 0 Å². The molecule has 1 fully saturated rings. The summed E-state index contributed by atoms with van der Waals surface area (Å²) >= 11 is 0. The number of hydrogen-bond acceptors (Lipinski definition) is 6. The van der Waals surface area contributed by atoms with Gasteiger partial charge in [0.15, 0.2) is 0 Å². The van der Waals surface area contributed by atoms with Gasteiger partial charge in [0.05, 0.1) is 18.4 Å². The molecule has 1 aromatic heterocycles. The monoisotopic (exact) mass is 413 g/mol. The number of aliphatic hydroxyl groups is 1. The molecule has 1 aliphatic rings. The normalized spacial score (nSPS) is 16.1. The predicted molar refractivity (Wildman–Crippen MR) is 115 cm³/mol. The van der Waals surface area contributed by atoms with Crippen molar-refractivity contribution >= 4 is 12.4 Å². The zero-order valence-corrected chi connectivity index (χ0v) is 17.5. The molecule has 2 heterocycles. The largest absolute Gasteiger partial charge is 0.427 e. The first-order chi connectivity index (χ1) is 14.6. The van der Waals surface area contributed by atoms with Gasteiger partial charge in [-0.1, -0.05) is 30.3 Å². The lowest BCUT2D eigenvalue weighted by molar-refractivity contribution is -0.120. The third-order valence-corrected chi connectivity index (χ3v) is 4.96. The lowest BCUT2D eigenvalue weighted by Crippen LogP contribution is -2.32. The first kappa shape index (κ1) is 23.5. The van der Waals surface area contributed by atoms with Gasteiger partial charge in [-0.15, -0.1) is 0 Å². The lowest BCUT2D eigenvalue weighted by Gasteiger charge is -2.29. The van der Waals surface area contributed by atoms with Gasteiger partial charge in [-0.3, -0.25) is 14.6 Å². The molecule has 1 unspecified atom stereocenters. The maximum absolute atomic E-state index is 11.4. The number of ether oxygens (including phenoxy) is 1.